The van der Waals surface area contributed by atoms with Crippen LogP contribution < -0.4 is 0 Å². The molecule has 0 aromatic carbocycles. The first-order valence-electron chi connectivity index (χ1n) is 3.74. The summed E-state index contributed by atoms with van der Waals surface area (Å²) >= 11 is 16.8. The molecule has 0 aliphatic heterocycles. The zero-order chi connectivity index (χ0) is 10.9. The van der Waals surface area contributed by atoms with Crippen molar-refractivity contribution < 1.29 is 4.79 Å². The van der Waals surface area contributed by atoms with Crippen molar-refractivity contribution in [2.24, 2.45) is 0 Å². The molecule has 3 nitrogen and oxygen atoms in total. The molecule has 1 heterocycles. The van der Waals surface area contributed by atoms with Gasteiger partial charge in [-0.2, -0.15) is 0 Å². The number of alkyl halides is 3. The first-order valence-corrected chi connectivity index (χ1v) is 4.87. The Morgan fingerprint density at radius 3 is 2.36 bits per heavy atom. The van der Waals surface area contributed by atoms with E-state index in [9.17, 15) is 4.79 Å². The van der Waals surface area contributed by atoms with Crippen LogP contribution in [0.4, 0.5) is 0 Å². The molecule has 0 bridgehead atoms. The van der Waals surface area contributed by atoms with E-state index in [4.69, 9.17) is 34.8 Å². The summed E-state index contributed by atoms with van der Waals surface area (Å²) in [6.45, 7) is 3.10. The molecule has 0 saturated heterocycles. The number of carbonyl (C=O) groups excluding carboxylic acids is 1. The summed E-state index contributed by atoms with van der Waals surface area (Å²) in [4.78, 5) is 18.8. The summed E-state index contributed by atoms with van der Waals surface area (Å²) in [5, 5.41) is 0. The fourth-order valence-corrected chi connectivity index (χ4v) is 1.22. The average molecular weight is 254 g/mol. The van der Waals surface area contributed by atoms with Crippen molar-refractivity contribution in [3.8, 4) is 0 Å². The number of aryl methyl sites for hydroxylation is 1. The number of Topliss-reactive ketones (excluding diaryl/α,β-unsaturated/α-hetero) is 1. The molecule has 0 aliphatic carbocycles. The highest BCUT2D eigenvalue weighted by atomic mass is 35.6. The Labute approximate surface area is 96.4 Å². The van der Waals surface area contributed by atoms with Crippen molar-refractivity contribution in [2.75, 3.05) is 0 Å². The highest BCUT2D eigenvalue weighted by molar-refractivity contribution is 6.66. The molecular formula is C8H7Cl3N2O. The molecule has 1 rings (SSSR count). The second kappa shape index (κ2) is 4.01. The Morgan fingerprint density at radius 2 is 2.00 bits per heavy atom. The number of ketones is 1. The Bertz CT molecular complexity index is 373. The van der Waals surface area contributed by atoms with Crippen molar-refractivity contribution >= 4 is 40.6 Å². The second-order valence-corrected chi connectivity index (χ2v) is 5.03. The van der Waals surface area contributed by atoms with E-state index in [1.54, 1.807) is 6.92 Å². The lowest BCUT2D eigenvalue weighted by atomic mass is 10.2. The predicted molar refractivity (Wildman–Crippen MR) is 56.0 cm³/mol. The molecule has 1 aromatic rings. The van der Waals surface area contributed by atoms with Gasteiger partial charge in [-0.05, 0) is 13.8 Å². The number of carbonyl (C=O) groups is 1. The van der Waals surface area contributed by atoms with Gasteiger partial charge in [-0.1, -0.05) is 34.8 Å². The van der Waals surface area contributed by atoms with Gasteiger partial charge in [0.2, 0.25) is 3.79 Å². The van der Waals surface area contributed by atoms with Gasteiger partial charge in [-0.25, -0.2) is 9.97 Å². The third-order valence-electron chi connectivity index (χ3n) is 1.61. The molecule has 0 N–H and O–H groups in total. The van der Waals surface area contributed by atoms with Gasteiger partial charge in [-0.3, -0.25) is 4.79 Å². The van der Waals surface area contributed by atoms with Crippen LogP contribution in [0.1, 0.15) is 28.8 Å². The van der Waals surface area contributed by atoms with Crippen LogP contribution in [0, 0.1) is 6.92 Å². The van der Waals surface area contributed by atoms with Crippen molar-refractivity contribution in [3.63, 3.8) is 0 Å². The van der Waals surface area contributed by atoms with Crippen molar-refractivity contribution in [1.29, 1.82) is 0 Å². The Kier molecular flexibility index (Phi) is 3.35. The largest absolute Gasteiger partial charge is 0.294 e. The zero-order valence-corrected chi connectivity index (χ0v) is 9.78. The molecule has 6 heteroatoms. The van der Waals surface area contributed by atoms with Crippen LogP contribution >= 0.6 is 34.8 Å². The van der Waals surface area contributed by atoms with E-state index in [0.717, 1.165) is 0 Å². The predicted octanol–water partition coefficient (Wildman–Crippen LogP) is 2.81. The normalized spacial score (nSPS) is 11.5. The molecule has 0 unspecified atom stereocenters. The van der Waals surface area contributed by atoms with E-state index >= 15 is 0 Å². The molecule has 0 aliphatic rings. The van der Waals surface area contributed by atoms with Gasteiger partial charge in [0.15, 0.2) is 11.6 Å². The van der Waals surface area contributed by atoms with Crippen LogP contribution in [0.2, 0.25) is 0 Å². The Morgan fingerprint density at radius 1 is 1.43 bits per heavy atom. The van der Waals surface area contributed by atoms with Gasteiger partial charge in [0.25, 0.3) is 0 Å². The SMILES string of the molecule is CC(=O)c1cnc(C(Cl)(Cl)Cl)nc1C. The van der Waals surface area contributed by atoms with E-state index in [2.05, 4.69) is 9.97 Å². The van der Waals surface area contributed by atoms with E-state index in [0.29, 0.717) is 11.3 Å². The monoisotopic (exact) mass is 252 g/mol. The molecule has 0 fully saturated rings. The highest BCUT2D eigenvalue weighted by Crippen LogP contribution is 2.35. The number of nitrogens with zero attached hydrogens (tertiary/aromatic N) is 2. The van der Waals surface area contributed by atoms with Crippen molar-refractivity contribution in [1.82, 2.24) is 9.97 Å². The fourth-order valence-electron chi connectivity index (χ4n) is 0.949. The van der Waals surface area contributed by atoms with Crippen LogP contribution in [0.3, 0.4) is 0 Å². The van der Waals surface area contributed by atoms with Gasteiger partial charge in [-0.15, -0.1) is 0 Å². The average Bonchev–Trinajstić information content (AvgIpc) is 2.01. The molecule has 0 saturated carbocycles. The third-order valence-corrected chi connectivity index (χ3v) is 2.12. The van der Waals surface area contributed by atoms with Crippen molar-refractivity contribution in [3.05, 3.63) is 23.3 Å². The fraction of sp³-hybridized carbons (Fsp3) is 0.375. The lowest BCUT2D eigenvalue weighted by molar-refractivity contribution is 0.101. The first kappa shape index (κ1) is 11.7. The number of halogens is 3. The van der Waals surface area contributed by atoms with Gasteiger partial charge in [0.05, 0.1) is 11.3 Å². The van der Waals surface area contributed by atoms with Crippen LogP contribution in [0.25, 0.3) is 0 Å². The minimum Gasteiger partial charge on any atom is -0.294 e. The third kappa shape index (κ3) is 2.56. The molecule has 14 heavy (non-hydrogen) atoms. The summed E-state index contributed by atoms with van der Waals surface area (Å²) in [6, 6.07) is 0. The molecule has 0 spiro atoms. The van der Waals surface area contributed by atoms with E-state index in [1.165, 1.54) is 13.1 Å². The smallest absolute Gasteiger partial charge is 0.250 e. The lowest BCUT2D eigenvalue weighted by Crippen LogP contribution is -2.11. The summed E-state index contributed by atoms with van der Waals surface area (Å²) < 4.78 is -1.65. The standard InChI is InChI=1S/C8H7Cl3N2O/c1-4-6(5(2)14)3-12-7(13-4)8(9,10)11/h3H,1-2H3. The van der Waals surface area contributed by atoms with Gasteiger partial charge >= 0.3 is 0 Å². The van der Waals surface area contributed by atoms with Crippen molar-refractivity contribution in [2.45, 2.75) is 17.6 Å². The molecule has 0 radical (unpaired) electrons. The summed E-state index contributed by atoms with van der Waals surface area (Å²) in [7, 11) is 0. The van der Waals surface area contributed by atoms with Gasteiger partial charge in [0, 0.05) is 6.20 Å². The molecular weight excluding hydrogens is 246 g/mol. The van der Waals surface area contributed by atoms with E-state index in [1.807, 2.05) is 0 Å². The second-order valence-electron chi connectivity index (χ2n) is 2.75. The summed E-state index contributed by atoms with van der Waals surface area (Å²) in [5.41, 5.74) is 0.942. The number of aromatic nitrogens is 2. The minimum atomic E-state index is -1.65. The topological polar surface area (TPSA) is 42.9 Å². The van der Waals surface area contributed by atoms with Crippen LogP contribution in [-0.2, 0) is 3.79 Å². The zero-order valence-electron chi connectivity index (χ0n) is 7.51. The maximum atomic E-state index is 11.0. The van der Waals surface area contributed by atoms with Crippen LogP contribution in [-0.4, -0.2) is 15.8 Å². The Hall–Kier alpha value is -0.380. The van der Waals surface area contributed by atoms with Crippen LogP contribution in [0.15, 0.2) is 6.20 Å². The summed E-state index contributed by atoms with van der Waals surface area (Å²) in [5.74, 6) is -0.0385. The highest BCUT2D eigenvalue weighted by Gasteiger charge is 2.27. The first-order chi connectivity index (χ1) is 6.32. The maximum absolute atomic E-state index is 11.0. The molecule has 76 valence electrons. The number of rotatable bonds is 1. The lowest BCUT2D eigenvalue weighted by Gasteiger charge is -2.10. The molecule has 0 atom stereocenters. The quantitative estimate of drug-likeness (QED) is 0.571. The van der Waals surface area contributed by atoms with Gasteiger partial charge in [0.1, 0.15) is 0 Å². The van der Waals surface area contributed by atoms with Crippen LogP contribution in [0.5, 0.6) is 0 Å². The van der Waals surface area contributed by atoms with E-state index in [-0.39, 0.29) is 11.6 Å². The van der Waals surface area contributed by atoms with Gasteiger partial charge < -0.3 is 0 Å². The summed E-state index contributed by atoms with van der Waals surface area (Å²) in [6.07, 6.45) is 1.36. The number of hydrogen-bond donors (Lipinski definition) is 0. The minimum absolute atomic E-state index is 0.0741. The van der Waals surface area contributed by atoms with E-state index < -0.39 is 3.79 Å². The Balaban J connectivity index is 3.20. The molecule has 1 aromatic heterocycles. The number of hydrogen-bond acceptors (Lipinski definition) is 3. The maximum Gasteiger partial charge on any atom is 0.250 e. The molecule has 0 amide bonds.